The van der Waals surface area contributed by atoms with E-state index in [9.17, 15) is 18.4 Å². The number of nitrogens with one attached hydrogen (secondary N) is 2. The molecule has 0 saturated carbocycles. The summed E-state index contributed by atoms with van der Waals surface area (Å²) in [4.78, 5) is 25.8. The van der Waals surface area contributed by atoms with Crippen LogP contribution < -0.4 is 10.6 Å². The summed E-state index contributed by atoms with van der Waals surface area (Å²) in [6.07, 6.45) is 1.92. The Morgan fingerprint density at radius 3 is 2.23 bits per heavy atom. The fourth-order valence-electron chi connectivity index (χ4n) is 2.38. The van der Waals surface area contributed by atoms with Gasteiger partial charge in [0.25, 0.3) is 5.91 Å². The van der Waals surface area contributed by atoms with Gasteiger partial charge < -0.3 is 10.6 Å². The molecule has 0 spiro atoms. The molecule has 2 N–H and O–H groups in total. The zero-order chi connectivity index (χ0) is 19.3. The SMILES string of the molecule is CSc1cccc(NC(=O)C(NC(=O)c2c(F)cccc2F)C(C)C)c1. The molecular weight excluding hydrogens is 358 g/mol. The standard InChI is InChI=1S/C19H20F2N2O2S/c1-11(2)17(19(25)22-12-6-4-7-13(10-12)26-3)23-18(24)16-14(20)8-5-9-15(16)21/h4-11,17H,1-3H3,(H,22,25)(H,23,24). The van der Waals surface area contributed by atoms with Gasteiger partial charge in [-0.1, -0.05) is 26.0 Å². The predicted molar refractivity (Wildman–Crippen MR) is 99.3 cm³/mol. The average molecular weight is 378 g/mol. The van der Waals surface area contributed by atoms with Crippen molar-refractivity contribution in [2.45, 2.75) is 24.8 Å². The molecule has 0 radical (unpaired) electrons. The molecule has 0 aliphatic carbocycles. The summed E-state index contributed by atoms with van der Waals surface area (Å²) in [5.74, 6) is -3.65. The smallest absolute Gasteiger partial charge is 0.257 e. The van der Waals surface area contributed by atoms with E-state index in [1.165, 1.54) is 17.8 Å². The summed E-state index contributed by atoms with van der Waals surface area (Å²) < 4.78 is 27.6. The van der Waals surface area contributed by atoms with Crippen LogP contribution in [-0.4, -0.2) is 24.1 Å². The Kier molecular flexibility index (Phi) is 6.74. The summed E-state index contributed by atoms with van der Waals surface area (Å²) in [6, 6.07) is 9.47. The van der Waals surface area contributed by atoms with Crippen molar-refractivity contribution in [2.24, 2.45) is 5.92 Å². The van der Waals surface area contributed by atoms with Crippen LogP contribution in [0.15, 0.2) is 47.4 Å². The van der Waals surface area contributed by atoms with Gasteiger partial charge in [-0.05, 0) is 42.5 Å². The Hall–Kier alpha value is -2.41. The van der Waals surface area contributed by atoms with E-state index in [4.69, 9.17) is 0 Å². The first-order valence-corrected chi connectivity index (χ1v) is 9.25. The number of thioether (sulfide) groups is 1. The van der Waals surface area contributed by atoms with Crippen molar-refractivity contribution in [1.29, 1.82) is 0 Å². The summed E-state index contributed by atoms with van der Waals surface area (Å²) in [5.41, 5.74) is -0.117. The molecule has 0 aromatic heterocycles. The molecule has 2 aromatic carbocycles. The van der Waals surface area contributed by atoms with Crippen molar-refractivity contribution in [3.05, 3.63) is 59.7 Å². The minimum absolute atomic E-state index is 0.280. The zero-order valence-electron chi connectivity index (χ0n) is 14.7. The molecule has 0 saturated heterocycles. The van der Waals surface area contributed by atoms with Gasteiger partial charge in [0, 0.05) is 10.6 Å². The number of hydrogen-bond acceptors (Lipinski definition) is 3. The van der Waals surface area contributed by atoms with E-state index in [0.29, 0.717) is 5.69 Å². The number of hydrogen-bond donors (Lipinski definition) is 2. The van der Waals surface area contributed by atoms with Gasteiger partial charge in [-0.2, -0.15) is 0 Å². The lowest BCUT2D eigenvalue weighted by atomic mass is 10.0. The topological polar surface area (TPSA) is 58.2 Å². The molecule has 0 fully saturated rings. The van der Waals surface area contributed by atoms with Crippen LogP contribution in [0.3, 0.4) is 0 Å². The van der Waals surface area contributed by atoms with Crippen molar-refractivity contribution in [2.75, 3.05) is 11.6 Å². The summed E-state index contributed by atoms with van der Waals surface area (Å²) in [6.45, 7) is 3.47. The second-order valence-electron chi connectivity index (χ2n) is 6.01. The molecule has 138 valence electrons. The summed E-state index contributed by atoms with van der Waals surface area (Å²) in [7, 11) is 0. The van der Waals surface area contributed by atoms with Gasteiger partial charge >= 0.3 is 0 Å². The van der Waals surface area contributed by atoms with Gasteiger partial charge in [0.15, 0.2) is 0 Å². The maximum Gasteiger partial charge on any atom is 0.257 e. The van der Waals surface area contributed by atoms with Crippen LogP contribution in [0.2, 0.25) is 0 Å². The first-order valence-electron chi connectivity index (χ1n) is 8.03. The molecular formula is C19H20F2N2O2S. The van der Waals surface area contributed by atoms with E-state index >= 15 is 0 Å². The van der Waals surface area contributed by atoms with Crippen molar-refractivity contribution < 1.29 is 18.4 Å². The molecule has 2 aromatic rings. The first kappa shape index (κ1) is 19.9. The molecule has 4 nitrogen and oxygen atoms in total. The minimum Gasteiger partial charge on any atom is -0.340 e. The number of carbonyl (C=O) groups excluding carboxylic acids is 2. The number of carbonyl (C=O) groups is 2. The highest BCUT2D eigenvalue weighted by atomic mass is 32.2. The lowest BCUT2D eigenvalue weighted by Gasteiger charge is -2.22. The Balaban J connectivity index is 2.17. The molecule has 2 amide bonds. The Bertz CT molecular complexity index is 792. The third-order valence-electron chi connectivity index (χ3n) is 3.76. The molecule has 0 aliphatic heterocycles. The van der Waals surface area contributed by atoms with Crippen molar-refractivity contribution in [3.63, 3.8) is 0 Å². The highest BCUT2D eigenvalue weighted by molar-refractivity contribution is 7.98. The number of anilines is 1. The normalized spacial score (nSPS) is 11.9. The van der Waals surface area contributed by atoms with Gasteiger partial charge in [-0.15, -0.1) is 11.8 Å². The Labute approximate surface area is 155 Å². The van der Waals surface area contributed by atoms with Gasteiger partial charge in [0.2, 0.25) is 5.91 Å². The maximum absolute atomic E-state index is 13.8. The van der Waals surface area contributed by atoms with Crippen molar-refractivity contribution in [1.82, 2.24) is 5.32 Å². The van der Waals surface area contributed by atoms with Crippen LogP contribution in [0.1, 0.15) is 24.2 Å². The highest BCUT2D eigenvalue weighted by Crippen LogP contribution is 2.20. The molecule has 2 rings (SSSR count). The van der Waals surface area contributed by atoms with Crippen LogP contribution in [0.25, 0.3) is 0 Å². The van der Waals surface area contributed by atoms with E-state index in [1.54, 1.807) is 32.0 Å². The quantitative estimate of drug-likeness (QED) is 0.745. The molecule has 0 aliphatic rings. The van der Waals surface area contributed by atoms with E-state index in [2.05, 4.69) is 10.6 Å². The van der Waals surface area contributed by atoms with Crippen LogP contribution in [0, 0.1) is 17.6 Å². The van der Waals surface area contributed by atoms with Crippen molar-refractivity contribution >= 4 is 29.3 Å². The second-order valence-corrected chi connectivity index (χ2v) is 6.89. The van der Waals surface area contributed by atoms with Gasteiger partial charge in [0.1, 0.15) is 23.2 Å². The van der Waals surface area contributed by atoms with Gasteiger partial charge in [-0.3, -0.25) is 9.59 Å². The lowest BCUT2D eigenvalue weighted by Crippen LogP contribution is -2.47. The molecule has 0 heterocycles. The molecule has 7 heteroatoms. The van der Waals surface area contributed by atoms with Crippen LogP contribution in [-0.2, 0) is 4.79 Å². The van der Waals surface area contributed by atoms with Gasteiger partial charge in [0.05, 0.1) is 0 Å². The molecule has 1 atom stereocenters. The van der Waals surface area contributed by atoms with E-state index in [-0.39, 0.29) is 5.92 Å². The van der Waals surface area contributed by atoms with Crippen LogP contribution in [0.5, 0.6) is 0 Å². The molecule has 26 heavy (non-hydrogen) atoms. The summed E-state index contributed by atoms with van der Waals surface area (Å²) >= 11 is 1.53. The number of benzene rings is 2. The second kappa shape index (κ2) is 8.80. The highest BCUT2D eigenvalue weighted by Gasteiger charge is 2.27. The minimum atomic E-state index is -0.974. The van der Waals surface area contributed by atoms with Crippen LogP contribution >= 0.6 is 11.8 Å². The first-order chi connectivity index (χ1) is 12.3. The monoisotopic (exact) mass is 378 g/mol. The fraction of sp³-hybridized carbons (Fsp3) is 0.263. The number of halogens is 2. The third-order valence-corrected chi connectivity index (χ3v) is 4.49. The summed E-state index contributed by atoms with van der Waals surface area (Å²) in [5, 5.41) is 5.16. The van der Waals surface area contributed by atoms with E-state index < -0.39 is 35.1 Å². The number of rotatable bonds is 6. The fourth-order valence-corrected chi connectivity index (χ4v) is 2.84. The third kappa shape index (κ3) is 4.82. The van der Waals surface area contributed by atoms with E-state index in [1.807, 2.05) is 12.3 Å². The van der Waals surface area contributed by atoms with Crippen LogP contribution in [0.4, 0.5) is 14.5 Å². The van der Waals surface area contributed by atoms with Gasteiger partial charge in [-0.25, -0.2) is 8.78 Å². The Morgan fingerprint density at radius 1 is 1.04 bits per heavy atom. The molecule has 1 unspecified atom stereocenters. The molecule has 0 bridgehead atoms. The maximum atomic E-state index is 13.8. The average Bonchev–Trinajstić information content (AvgIpc) is 2.59. The number of amides is 2. The Morgan fingerprint density at radius 2 is 1.65 bits per heavy atom. The van der Waals surface area contributed by atoms with Crippen molar-refractivity contribution in [3.8, 4) is 0 Å². The predicted octanol–water partition coefficient (Wildman–Crippen LogP) is 4.08. The van der Waals surface area contributed by atoms with E-state index in [0.717, 1.165) is 17.0 Å². The lowest BCUT2D eigenvalue weighted by molar-refractivity contribution is -0.118. The zero-order valence-corrected chi connectivity index (χ0v) is 15.5. The largest absolute Gasteiger partial charge is 0.340 e.